The van der Waals surface area contributed by atoms with Crippen molar-refractivity contribution in [3.63, 3.8) is 0 Å². The van der Waals surface area contributed by atoms with Crippen LogP contribution in [0.5, 0.6) is 0 Å². The van der Waals surface area contributed by atoms with Crippen molar-refractivity contribution in [1.29, 1.82) is 0 Å². The summed E-state index contributed by atoms with van der Waals surface area (Å²) < 4.78 is 27.3. The molecule has 1 heterocycles. The van der Waals surface area contributed by atoms with Gasteiger partial charge in [0, 0.05) is 45.8 Å². The summed E-state index contributed by atoms with van der Waals surface area (Å²) in [5.74, 6) is 1.67. The molecule has 166 valence electrons. The molecule has 30 heavy (non-hydrogen) atoms. The first kappa shape index (κ1) is 22.0. The third-order valence-corrected chi connectivity index (χ3v) is 9.79. The minimum Gasteiger partial charge on any atom is -0.299 e. The molecule has 1 saturated carbocycles. The molecule has 0 aromatic heterocycles. The largest absolute Gasteiger partial charge is 0.299 e. The van der Waals surface area contributed by atoms with Crippen LogP contribution in [0.2, 0.25) is 0 Å². The summed E-state index contributed by atoms with van der Waals surface area (Å²) in [4.78, 5) is 5.38. The molecule has 0 spiro atoms. The van der Waals surface area contributed by atoms with Crippen LogP contribution < -0.4 is 0 Å². The van der Waals surface area contributed by atoms with Gasteiger partial charge in [-0.2, -0.15) is 4.31 Å². The van der Waals surface area contributed by atoms with E-state index in [4.69, 9.17) is 0 Å². The van der Waals surface area contributed by atoms with Gasteiger partial charge in [0.15, 0.2) is 0 Å². The van der Waals surface area contributed by atoms with E-state index in [-0.39, 0.29) is 0 Å². The van der Waals surface area contributed by atoms with E-state index in [0.29, 0.717) is 23.4 Å². The molecule has 1 aromatic carbocycles. The van der Waals surface area contributed by atoms with Gasteiger partial charge < -0.3 is 0 Å². The van der Waals surface area contributed by atoms with Crippen molar-refractivity contribution >= 4 is 10.0 Å². The van der Waals surface area contributed by atoms with Gasteiger partial charge in [0.1, 0.15) is 0 Å². The van der Waals surface area contributed by atoms with E-state index < -0.39 is 10.0 Å². The fourth-order valence-corrected chi connectivity index (χ4v) is 6.92. The quantitative estimate of drug-likeness (QED) is 0.593. The molecule has 5 rings (SSSR count). The van der Waals surface area contributed by atoms with E-state index in [1.165, 1.54) is 12.8 Å². The molecule has 5 nitrogen and oxygen atoms in total. The summed E-state index contributed by atoms with van der Waals surface area (Å²) >= 11 is 0. The molecule has 2 bridgehead atoms. The monoisotopic (exact) mass is 431 g/mol. The first-order valence-electron chi connectivity index (χ1n) is 11.5. The number of rotatable bonds is 8. The van der Waals surface area contributed by atoms with Crippen molar-refractivity contribution < 1.29 is 8.42 Å². The van der Waals surface area contributed by atoms with Crippen molar-refractivity contribution in [1.82, 2.24) is 14.1 Å². The zero-order chi connectivity index (χ0) is 21.4. The zero-order valence-corrected chi connectivity index (χ0v) is 19.6. The number of sulfonamides is 1. The lowest BCUT2D eigenvalue weighted by atomic mass is 9.49. The van der Waals surface area contributed by atoms with Crippen LogP contribution in [0.3, 0.4) is 0 Å². The van der Waals surface area contributed by atoms with Crippen molar-refractivity contribution in [3.8, 4) is 0 Å². The van der Waals surface area contributed by atoms with Gasteiger partial charge in [-0.3, -0.25) is 9.80 Å². The van der Waals surface area contributed by atoms with Gasteiger partial charge >= 0.3 is 0 Å². The lowest BCUT2D eigenvalue weighted by molar-refractivity contribution is -0.0107. The number of piperazine rings is 1. The Labute approximate surface area is 182 Å². The number of nitrogens with zero attached hydrogens (tertiary/aromatic N) is 3. The highest BCUT2D eigenvalue weighted by molar-refractivity contribution is 7.89. The fourth-order valence-electron chi connectivity index (χ4n) is 5.48. The summed E-state index contributed by atoms with van der Waals surface area (Å²) in [7, 11) is -3.36. The summed E-state index contributed by atoms with van der Waals surface area (Å²) in [6.45, 7) is 14.1. The molecule has 0 amide bonds. The van der Waals surface area contributed by atoms with Crippen molar-refractivity contribution in [2.75, 3.05) is 52.4 Å². The highest BCUT2D eigenvalue weighted by Gasteiger charge is 2.51. The van der Waals surface area contributed by atoms with Crippen molar-refractivity contribution in [2.24, 2.45) is 17.3 Å². The normalized spacial score (nSPS) is 27.0. The molecule has 0 N–H and O–H groups in total. The summed E-state index contributed by atoms with van der Waals surface area (Å²) in [6, 6.07) is 8.80. The first-order valence-corrected chi connectivity index (χ1v) is 12.9. The molecular weight excluding hydrogens is 394 g/mol. The van der Waals surface area contributed by atoms with E-state index in [2.05, 4.69) is 36.6 Å². The van der Waals surface area contributed by atoms with E-state index in [1.54, 1.807) is 34.1 Å². The molecule has 6 heteroatoms. The Hall–Kier alpha value is -1.21. The van der Waals surface area contributed by atoms with Crippen LogP contribution in [0.15, 0.2) is 46.9 Å². The Morgan fingerprint density at radius 2 is 1.80 bits per heavy atom. The summed E-state index contributed by atoms with van der Waals surface area (Å²) in [6.07, 6.45) is 5.16. The van der Waals surface area contributed by atoms with Crippen LogP contribution >= 0.6 is 0 Å². The van der Waals surface area contributed by atoms with Crippen LogP contribution in [-0.2, 0) is 10.0 Å². The maximum Gasteiger partial charge on any atom is 0.243 e. The average molecular weight is 432 g/mol. The molecule has 1 saturated heterocycles. The highest BCUT2D eigenvalue weighted by Crippen LogP contribution is 2.59. The standard InChI is InChI=1S/C24H37N3O2S/c1-4-25(19-20-10-11-21-18-23(20)24(21,2)3)12-13-26-14-16-27(17-15-26)30(28,29)22-8-6-5-7-9-22/h5-10,21,23H,4,11-19H2,1-3H3. The number of hydrogen-bond donors (Lipinski definition) is 0. The van der Waals surface area contributed by atoms with Gasteiger partial charge in [0.2, 0.25) is 10.0 Å². The predicted octanol–water partition coefficient (Wildman–Crippen LogP) is 3.31. The summed E-state index contributed by atoms with van der Waals surface area (Å²) in [5.41, 5.74) is 2.15. The molecule has 2 fully saturated rings. The van der Waals surface area contributed by atoms with E-state index in [1.807, 2.05) is 6.07 Å². The Kier molecular flexibility index (Phi) is 6.40. The zero-order valence-electron chi connectivity index (χ0n) is 18.8. The lowest BCUT2D eigenvalue weighted by Crippen LogP contribution is -2.51. The second kappa shape index (κ2) is 8.73. The molecule has 1 aliphatic heterocycles. The molecule has 1 aromatic rings. The predicted molar refractivity (Wildman–Crippen MR) is 122 cm³/mol. The Morgan fingerprint density at radius 1 is 1.10 bits per heavy atom. The maximum atomic E-state index is 12.8. The molecule has 4 aliphatic rings. The van der Waals surface area contributed by atoms with E-state index in [0.717, 1.165) is 51.1 Å². The minimum atomic E-state index is -3.36. The number of hydrogen-bond acceptors (Lipinski definition) is 4. The smallest absolute Gasteiger partial charge is 0.243 e. The van der Waals surface area contributed by atoms with Crippen LogP contribution in [0, 0.1) is 17.3 Å². The molecule has 2 atom stereocenters. The van der Waals surface area contributed by atoms with Gasteiger partial charge in [-0.25, -0.2) is 8.42 Å². The van der Waals surface area contributed by atoms with Gasteiger partial charge in [-0.1, -0.05) is 50.6 Å². The third-order valence-electron chi connectivity index (χ3n) is 7.88. The minimum absolute atomic E-state index is 0.400. The summed E-state index contributed by atoms with van der Waals surface area (Å²) in [5, 5.41) is 0. The van der Waals surface area contributed by atoms with Crippen LogP contribution in [0.4, 0.5) is 0 Å². The average Bonchev–Trinajstić information content (AvgIpc) is 2.77. The van der Waals surface area contributed by atoms with E-state index >= 15 is 0 Å². The van der Waals surface area contributed by atoms with Gasteiger partial charge in [0.25, 0.3) is 0 Å². The second-order valence-electron chi connectivity index (χ2n) is 9.75. The van der Waals surface area contributed by atoms with Gasteiger partial charge in [-0.05, 0) is 48.8 Å². The molecular formula is C24H37N3O2S. The van der Waals surface area contributed by atoms with Gasteiger partial charge in [0.05, 0.1) is 4.90 Å². The van der Waals surface area contributed by atoms with E-state index in [9.17, 15) is 8.42 Å². The number of allylic oxidation sites excluding steroid dienone is 1. The van der Waals surface area contributed by atoms with Crippen molar-refractivity contribution in [2.45, 2.75) is 38.5 Å². The Bertz CT molecular complexity index is 858. The number of benzene rings is 1. The topological polar surface area (TPSA) is 43.9 Å². The third kappa shape index (κ3) is 4.24. The Balaban J connectivity index is 1.26. The Morgan fingerprint density at radius 3 is 2.40 bits per heavy atom. The van der Waals surface area contributed by atoms with Crippen molar-refractivity contribution in [3.05, 3.63) is 42.0 Å². The van der Waals surface area contributed by atoms with Crippen LogP contribution in [0.1, 0.15) is 33.6 Å². The van der Waals surface area contributed by atoms with Crippen LogP contribution in [0.25, 0.3) is 0 Å². The highest BCUT2D eigenvalue weighted by atomic mass is 32.2. The van der Waals surface area contributed by atoms with Gasteiger partial charge in [-0.15, -0.1) is 0 Å². The number of fused-ring (bicyclic) bond motifs is 1. The second-order valence-corrected chi connectivity index (χ2v) is 11.7. The molecule has 2 unspecified atom stereocenters. The molecule has 0 radical (unpaired) electrons. The maximum absolute atomic E-state index is 12.8. The first-order chi connectivity index (χ1) is 14.3. The fraction of sp³-hybridized carbons (Fsp3) is 0.667. The molecule has 3 aliphatic carbocycles. The SMILES string of the molecule is CCN(CCN1CCN(S(=O)(=O)c2ccccc2)CC1)CC1=CCC2CC1C2(C)C. The number of likely N-dealkylation sites (N-methyl/N-ethyl adjacent to an activating group) is 1. The lowest BCUT2D eigenvalue weighted by Gasteiger charge is -2.57. The van der Waals surface area contributed by atoms with Crippen LogP contribution in [-0.4, -0.2) is 74.9 Å².